The van der Waals surface area contributed by atoms with Gasteiger partial charge >= 0.3 is 0 Å². The summed E-state index contributed by atoms with van der Waals surface area (Å²) in [7, 11) is 1.59. The van der Waals surface area contributed by atoms with Gasteiger partial charge in [-0.15, -0.1) is 0 Å². The maximum atomic E-state index is 12.4. The highest BCUT2D eigenvalue weighted by molar-refractivity contribution is 9.10. The third-order valence-electron chi connectivity index (χ3n) is 3.85. The molecule has 0 aromatic heterocycles. The first-order valence-electron chi connectivity index (χ1n) is 7.09. The number of hydrogen-bond acceptors (Lipinski definition) is 3. The fourth-order valence-electron chi connectivity index (χ4n) is 2.64. The number of hydrogen-bond donors (Lipinski definition) is 0. The lowest BCUT2D eigenvalue weighted by Crippen LogP contribution is -2.40. The van der Waals surface area contributed by atoms with E-state index in [2.05, 4.69) is 15.9 Å². The van der Waals surface area contributed by atoms with Crippen molar-refractivity contribution >= 4 is 39.1 Å². The molecule has 0 spiro atoms. The molecule has 2 aromatic rings. The van der Waals surface area contributed by atoms with Crippen LogP contribution in [0.4, 0.5) is 5.69 Å². The lowest BCUT2D eigenvalue weighted by molar-refractivity contribution is -0.121. The molecule has 1 aliphatic rings. The minimum Gasteiger partial charge on any atom is -0.495 e. The van der Waals surface area contributed by atoms with Gasteiger partial charge in [0.2, 0.25) is 0 Å². The molecule has 1 heterocycles. The van der Waals surface area contributed by atoms with E-state index in [4.69, 9.17) is 21.1 Å². The highest BCUT2D eigenvalue weighted by Gasteiger charge is 2.31. The Morgan fingerprint density at radius 3 is 2.65 bits per heavy atom. The number of ether oxygens (including phenoxy) is 2. The van der Waals surface area contributed by atoms with Gasteiger partial charge in [0.05, 0.1) is 23.3 Å². The molecule has 0 fully saturated rings. The quantitative estimate of drug-likeness (QED) is 0.761. The van der Waals surface area contributed by atoms with Gasteiger partial charge in [-0.1, -0.05) is 23.7 Å². The van der Waals surface area contributed by atoms with Crippen LogP contribution in [0.2, 0.25) is 5.02 Å². The molecule has 0 radical (unpaired) electrons. The minimum atomic E-state index is -0.145. The van der Waals surface area contributed by atoms with Crippen molar-refractivity contribution in [2.75, 3.05) is 18.6 Å². The number of amides is 1. The van der Waals surface area contributed by atoms with Gasteiger partial charge in [-0.05, 0) is 40.5 Å². The van der Waals surface area contributed by atoms with E-state index in [1.165, 1.54) is 0 Å². The van der Waals surface area contributed by atoms with Crippen LogP contribution in [0.5, 0.6) is 11.5 Å². The molecule has 2 aromatic carbocycles. The molecule has 3 rings (SSSR count). The van der Waals surface area contributed by atoms with Gasteiger partial charge in [-0.25, -0.2) is 0 Å². The fourth-order valence-corrected chi connectivity index (χ4v) is 3.25. The molecule has 0 aliphatic carbocycles. The predicted octanol–water partition coefficient (Wildman–Crippen LogP) is 4.60. The molecular formula is C17H15BrClNO3. The number of carbonyl (C=O) groups excluding carboxylic acids is 1. The zero-order chi connectivity index (χ0) is 16.6. The van der Waals surface area contributed by atoms with E-state index in [0.717, 1.165) is 10.0 Å². The number of anilines is 1. The van der Waals surface area contributed by atoms with E-state index < -0.39 is 0 Å². The molecule has 0 saturated carbocycles. The van der Waals surface area contributed by atoms with E-state index in [1.807, 2.05) is 43.3 Å². The summed E-state index contributed by atoms with van der Waals surface area (Å²) >= 11 is 9.38. The van der Waals surface area contributed by atoms with Crippen molar-refractivity contribution in [1.82, 2.24) is 0 Å². The van der Waals surface area contributed by atoms with Crippen molar-refractivity contribution < 1.29 is 14.3 Å². The van der Waals surface area contributed by atoms with Crippen LogP contribution in [0.25, 0.3) is 0 Å². The Morgan fingerprint density at radius 2 is 2.00 bits per heavy atom. The predicted molar refractivity (Wildman–Crippen MR) is 93.5 cm³/mol. The molecule has 23 heavy (non-hydrogen) atoms. The maximum absolute atomic E-state index is 12.4. The largest absolute Gasteiger partial charge is 0.495 e. The van der Waals surface area contributed by atoms with Crippen molar-refractivity contribution in [3.8, 4) is 11.5 Å². The standard InChI is InChI=1S/C17H15BrClNO3/c1-10(11-3-5-12(19)6-4-11)20-14-8-15(22-2)13(18)7-16(14)23-9-17(20)21/h3-8,10H,9H2,1-2H3. The number of nitrogens with zero attached hydrogens (tertiary/aromatic N) is 1. The van der Waals surface area contributed by atoms with Crippen LogP contribution < -0.4 is 14.4 Å². The fraction of sp³-hybridized carbons (Fsp3) is 0.235. The van der Waals surface area contributed by atoms with Gasteiger partial charge in [0.25, 0.3) is 5.91 Å². The molecule has 0 N–H and O–H groups in total. The van der Waals surface area contributed by atoms with Gasteiger partial charge in [0.15, 0.2) is 6.61 Å². The minimum absolute atomic E-state index is 0.0176. The van der Waals surface area contributed by atoms with Crippen LogP contribution in [0, 0.1) is 0 Å². The summed E-state index contributed by atoms with van der Waals surface area (Å²) in [6, 6.07) is 11.0. The lowest BCUT2D eigenvalue weighted by atomic mass is 10.0. The summed E-state index contributed by atoms with van der Waals surface area (Å²) in [5, 5.41) is 0.667. The highest BCUT2D eigenvalue weighted by atomic mass is 79.9. The summed E-state index contributed by atoms with van der Waals surface area (Å²) < 4.78 is 11.7. The number of rotatable bonds is 3. The van der Waals surface area contributed by atoms with Crippen LogP contribution in [-0.2, 0) is 4.79 Å². The molecule has 120 valence electrons. The van der Waals surface area contributed by atoms with E-state index in [0.29, 0.717) is 22.2 Å². The number of carbonyl (C=O) groups is 1. The Balaban J connectivity index is 2.05. The van der Waals surface area contributed by atoms with E-state index >= 15 is 0 Å². The second kappa shape index (κ2) is 6.42. The number of halogens is 2. The topological polar surface area (TPSA) is 38.8 Å². The Bertz CT molecular complexity index is 748. The monoisotopic (exact) mass is 395 g/mol. The summed E-state index contributed by atoms with van der Waals surface area (Å²) in [4.78, 5) is 14.2. The van der Waals surface area contributed by atoms with E-state index in [-0.39, 0.29) is 18.6 Å². The van der Waals surface area contributed by atoms with Crippen LogP contribution in [0.3, 0.4) is 0 Å². The van der Waals surface area contributed by atoms with Crippen LogP contribution >= 0.6 is 27.5 Å². The average Bonchev–Trinajstić information content (AvgIpc) is 2.54. The molecule has 1 unspecified atom stereocenters. The molecule has 0 bridgehead atoms. The maximum Gasteiger partial charge on any atom is 0.265 e. The lowest BCUT2D eigenvalue weighted by Gasteiger charge is -2.34. The molecular weight excluding hydrogens is 382 g/mol. The van der Waals surface area contributed by atoms with Crippen molar-refractivity contribution in [3.63, 3.8) is 0 Å². The van der Waals surface area contributed by atoms with Gasteiger partial charge < -0.3 is 9.47 Å². The van der Waals surface area contributed by atoms with Crippen molar-refractivity contribution in [2.24, 2.45) is 0 Å². The van der Waals surface area contributed by atoms with Gasteiger partial charge in [-0.3, -0.25) is 9.69 Å². The SMILES string of the molecule is COc1cc2c(cc1Br)OCC(=O)N2C(C)c1ccc(Cl)cc1. The molecule has 1 atom stereocenters. The third kappa shape index (κ3) is 3.03. The number of benzene rings is 2. The van der Waals surface area contributed by atoms with Gasteiger partial charge in [-0.2, -0.15) is 0 Å². The van der Waals surface area contributed by atoms with Crippen LogP contribution in [-0.4, -0.2) is 19.6 Å². The number of methoxy groups -OCH3 is 1. The Kier molecular flexibility index (Phi) is 4.50. The molecule has 4 nitrogen and oxygen atoms in total. The number of fused-ring (bicyclic) bond motifs is 1. The van der Waals surface area contributed by atoms with Gasteiger partial charge in [0.1, 0.15) is 11.5 Å². The van der Waals surface area contributed by atoms with Crippen molar-refractivity contribution in [3.05, 3.63) is 51.5 Å². The van der Waals surface area contributed by atoms with Crippen LogP contribution in [0.15, 0.2) is 40.9 Å². The summed E-state index contributed by atoms with van der Waals surface area (Å²) in [6.45, 7) is 1.99. The van der Waals surface area contributed by atoms with Crippen molar-refractivity contribution in [2.45, 2.75) is 13.0 Å². The molecule has 1 aliphatic heterocycles. The summed E-state index contributed by atoms with van der Waals surface area (Å²) in [5.74, 6) is 1.21. The van der Waals surface area contributed by atoms with E-state index in [1.54, 1.807) is 12.0 Å². The molecule has 6 heteroatoms. The Morgan fingerprint density at radius 1 is 1.30 bits per heavy atom. The van der Waals surface area contributed by atoms with Crippen LogP contribution in [0.1, 0.15) is 18.5 Å². The molecule has 0 saturated heterocycles. The summed E-state index contributed by atoms with van der Waals surface area (Å²) in [5.41, 5.74) is 1.70. The zero-order valence-corrected chi connectivity index (χ0v) is 15.0. The smallest absolute Gasteiger partial charge is 0.265 e. The first-order valence-corrected chi connectivity index (χ1v) is 8.26. The van der Waals surface area contributed by atoms with Crippen molar-refractivity contribution in [1.29, 1.82) is 0 Å². The van der Waals surface area contributed by atoms with E-state index in [9.17, 15) is 4.79 Å². The first kappa shape index (κ1) is 16.1. The average molecular weight is 397 g/mol. The normalized spacial score (nSPS) is 15.0. The first-order chi connectivity index (χ1) is 11.0. The second-order valence-electron chi connectivity index (χ2n) is 5.23. The summed E-state index contributed by atoms with van der Waals surface area (Å²) in [6.07, 6.45) is 0. The zero-order valence-electron chi connectivity index (χ0n) is 12.7. The molecule has 1 amide bonds. The second-order valence-corrected chi connectivity index (χ2v) is 6.53. The van der Waals surface area contributed by atoms with Gasteiger partial charge in [0, 0.05) is 17.2 Å². The Hall–Kier alpha value is -1.72. The third-order valence-corrected chi connectivity index (χ3v) is 4.72. The Labute approximate surface area is 148 Å². The highest BCUT2D eigenvalue weighted by Crippen LogP contribution is 2.43.